The summed E-state index contributed by atoms with van der Waals surface area (Å²) in [5.41, 5.74) is 3.41. The highest BCUT2D eigenvalue weighted by Crippen LogP contribution is 2.29. The predicted molar refractivity (Wildman–Crippen MR) is 121 cm³/mol. The van der Waals surface area contributed by atoms with Crippen LogP contribution in [0.15, 0.2) is 78.9 Å². The number of nitrogens with one attached hydrogen (secondary N) is 2. The lowest BCUT2D eigenvalue weighted by Crippen LogP contribution is -2.28. The van der Waals surface area contributed by atoms with E-state index in [9.17, 15) is 0 Å². The number of para-hydroxylation sites is 3. The summed E-state index contributed by atoms with van der Waals surface area (Å²) in [7, 11) is 0. The molecule has 3 nitrogen and oxygen atoms in total. The number of hydrogen-bond acceptors (Lipinski definition) is 2. The van der Waals surface area contributed by atoms with Crippen LogP contribution in [0.3, 0.4) is 0 Å². The largest absolute Gasteiger partial charge is 0.455 e. The van der Waals surface area contributed by atoms with Gasteiger partial charge in [-0.25, -0.2) is 0 Å². The first-order chi connectivity index (χ1) is 13.6. The SMILES string of the molecule is CC(C)Cc1cccc(CNC(=S)Nc2ccccc2Oc2ccccc2)c1. The smallest absolute Gasteiger partial charge is 0.171 e. The second-order valence-corrected chi connectivity index (χ2v) is 7.55. The van der Waals surface area contributed by atoms with Gasteiger partial charge in [-0.1, -0.05) is 68.4 Å². The Morgan fingerprint density at radius 1 is 0.893 bits per heavy atom. The number of anilines is 1. The third-order valence-corrected chi connectivity index (χ3v) is 4.44. The molecule has 2 N–H and O–H groups in total. The van der Waals surface area contributed by atoms with Gasteiger partial charge in [-0.05, 0) is 59.9 Å². The number of rotatable bonds is 7. The molecule has 3 rings (SSSR count). The molecule has 0 bridgehead atoms. The molecule has 0 saturated carbocycles. The molecule has 0 heterocycles. The van der Waals surface area contributed by atoms with E-state index >= 15 is 0 Å². The number of ether oxygens (including phenoxy) is 1. The van der Waals surface area contributed by atoms with E-state index in [1.54, 1.807) is 0 Å². The van der Waals surface area contributed by atoms with Crippen LogP contribution in [0.5, 0.6) is 11.5 Å². The molecule has 0 amide bonds. The van der Waals surface area contributed by atoms with E-state index in [-0.39, 0.29) is 0 Å². The molecule has 0 aliphatic carbocycles. The Kier molecular flexibility index (Phi) is 7.04. The monoisotopic (exact) mass is 390 g/mol. The highest BCUT2D eigenvalue weighted by Gasteiger charge is 2.06. The number of hydrogen-bond donors (Lipinski definition) is 2. The molecule has 0 fully saturated rings. The number of benzene rings is 3. The maximum atomic E-state index is 5.98. The van der Waals surface area contributed by atoms with Crippen LogP contribution in [0.1, 0.15) is 25.0 Å². The van der Waals surface area contributed by atoms with Crippen LogP contribution in [-0.2, 0) is 13.0 Å². The Balaban J connectivity index is 1.60. The lowest BCUT2D eigenvalue weighted by molar-refractivity contribution is 0.485. The topological polar surface area (TPSA) is 33.3 Å². The van der Waals surface area contributed by atoms with Crippen molar-refractivity contribution in [2.75, 3.05) is 5.32 Å². The van der Waals surface area contributed by atoms with Gasteiger partial charge in [0.15, 0.2) is 10.9 Å². The lowest BCUT2D eigenvalue weighted by atomic mass is 10.0. The third-order valence-electron chi connectivity index (χ3n) is 4.19. The third kappa shape index (κ3) is 6.10. The molecular weight excluding hydrogens is 364 g/mol. The van der Waals surface area contributed by atoms with Crippen molar-refractivity contribution in [3.8, 4) is 11.5 Å². The van der Waals surface area contributed by atoms with Crippen molar-refractivity contribution in [1.29, 1.82) is 0 Å². The fourth-order valence-corrected chi connectivity index (χ4v) is 3.14. The molecule has 0 aromatic heterocycles. The highest BCUT2D eigenvalue weighted by molar-refractivity contribution is 7.80. The van der Waals surface area contributed by atoms with Crippen LogP contribution < -0.4 is 15.4 Å². The second kappa shape index (κ2) is 9.90. The minimum Gasteiger partial charge on any atom is -0.455 e. The summed E-state index contributed by atoms with van der Waals surface area (Å²) in [6.45, 7) is 5.15. The maximum absolute atomic E-state index is 5.98. The molecule has 0 spiro atoms. The molecule has 28 heavy (non-hydrogen) atoms. The van der Waals surface area contributed by atoms with Crippen molar-refractivity contribution >= 4 is 23.0 Å². The van der Waals surface area contributed by atoms with Crippen molar-refractivity contribution < 1.29 is 4.74 Å². The second-order valence-electron chi connectivity index (χ2n) is 7.14. The summed E-state index contributed by atoms with van der Waals surface area (Å²) in [5, 5.41) is 7.09. The van der Waals surface area contributed by atoms with Gasteiger partial charge in [0.1, 0.15) is 5.75 Å². The zero-order valence-electron chi connectivity index (χ0n) is 16.3. The van der Waals surface area contributed by atoms with Crippen molar-refractivity contribution in [2.45, 2.75) is 26.8 Å². The van der Waals surface area contributed by atoms with E-state index in [1.807, 2.05) is 54.6 Å². The molecule has 3 aromatic carbocycles. The fraction of sp³-hybridized carbons (Fsp3) is 0.208. The molecule has 0 aliphatic rings. The van der Waals surface area contributed by atoms with Crippen LogP contribution in [0.4, 0.5) is 5.69 Å². The molecule has 0 atom stereocenters. The van der Waals surface area contributed by atoms with Crippen molar-refractivity contribution in [3.63, 3.8) is 0 Å². The summed E-state index contributed by atoms with van der Waals surface area (Å²) >= 11 is 5.48. The first-order valence-electron chi connectivity index (χ1n) is 9.55. The van der Waals surface area contributed by atoms with Gasteiger partial charge in [0.25, 0.3) is 0 Å². The normalized spacial score (nSPS) is 10.5. The fourth-order valence-electron chi connectivity index (χ4n) is 2.96. The van der Waals surface area contributed by atoms with E-state index in [2.05, 4.69) is 48.7 Å². The van der Waals surface area contributed by atoms with Crippen molar-refractivity contribution in [2.24, 2.45) is 5.92 Å². The van der Waals surface area contributed by atoms with Gasteiger partial charge < -0.3 is 15.4 Å². The van der Waals surface area contributed by atoms with Crippen LogP contribution in [-0.4, -0.2) is 5.11 Å². The van der Waals surface area contributed by atoms with E-state index in [0.29, 0.717) is 17.6 Å². The van der Waals surface area contributed by atoms with Gasteiger partial charge in [0, 0.05) is 6.54 Å². The molecule has 4 heteroatoms. The summed E-state index contributed by atoms with van der Waals surface area (Å²) < 4.78 is 5.98. The van der Waals surface area contributed by atoms with Crippen LogP contribution in [0, 0.1) is 5.92 Å². The van der Waals surface area contributed by atoms with Gasteiger partial charge in [0.05, 0.1) is 5.69 Å². The summed E-state index contributed by atoms with van der Waals surface area (Å²) in [5.74, 6) is 2.17. The van der Waals surface area contributed by atoms with E-state index in [1.165, 1.54) is 11.1 Å². The lowest BCUT2D eigenvalue weighted by Gasteiger charge is -2.15. The first-order valence-corrected chi connectivity index (χ1v) is 9.95. The molecule has 0 unspecified atom stereocenters. The van der Waals surface area contributed by atoms with E-state index < -0.39 is 0 Å². The average molecular weight is 391 g/mol. The van der Waals surface area contributed by atoms with Crippen LogP contribution >= 0.6 is 12.2 Å². The Hall–Kier alpha value is -2.85. The highest BCUT2D eigenvalue weighted by atomic mass is 32.1. The quantitative estimate of drug-likeness (QED) is 0.473. The maximum Gasteiger partial charge on any atom is 0.171 e. The Bertz CT molecular complexity index is 909. The van der Waals surface area contributed by atoms with Gasteiger partial charge in [-0.15, -0.1) is 0 Å². The van der Waals surface area contributed by atoms with Crippen molar-refractivity contribution in [3.05, 3.63) is 90.0 Å². The van der Waals surface area contributed by atoms with Gasteiger partial charge in [0.2, 0.25) is 0 Å². The zero-order chi connectivity index (χ0) is 19.8. The van der Waals surface area contributed by atoms with E-state index in [4.69, 9.17) is 17.0 Å². The summed E-state index contributed by atoms with van der Waals surface area (Å²) in [6, 6.07) is 26.1. The molecule has 0 aliphatic heterocycles. The van der Waals surface area contributed by atoms with Gasteiger partial charge in [-0.3, -0.25) is 0 Å². The summed E-state index contributed by atoms with van der Waals surface area (Å²) in [4.78, 5) is 0. The molecule has 0 saturated heterocycles. The molecule has 3 aromatic rings. The summed E-state index contributed by atoms with van der Waals surface area (Å²) in [6.07, 6.45) is 1.08. The average Bonchev–Trinajstić information content (AvgIpc) is 2.69. The van der Waals surface area contributed by atoms with Gasteiger partial charge in [-0.2, -0.15) is 0 Å². The molecular formula is C24H26N2OS. The minimum atomic E-state index is 0.568. The van der Waals surface area contributed by atoms with Crippen LogP contribution in [0.25, 0.3) is 0 Å². The standard InChI is InChI=1S/C24H26N2OS/c1-18(2)15-19-9-8-10-20(16-19)17-25-24(28)26-22-13-6-7-14-23(22)27-21-11-4-3-5-12-21/h3-14,16,18H,15,17H2,1-2H3,(H2,25,26,28). The first kappa shape index (κ1) is 19.9. The number of thiocarbonyl (C=S) groups is 1. The minimum absolute atomic E-state index is 0.568. The Morgan fingerprint density at radius 2 is 1.61 bits per heavy atom. The molecule has 0 radical (unpaired) electrons. The Labute approximate surface area is 172 Å². The van der Waals surface area contributed by atoms with Gasteiger partial charge >= 0.3 is 0 Å². The predicted octanol–water partition coefficient (Wildman–Crippen LogP) is 6.16. The zero-order valence-corrected chi connectivity index (χ0v) is 17.1. The molecule has 144 valence electrons. The van der Waals surface area contributed by atoms with E-state index in [0.717, 1.165) is 23.6 Å². The van der Waals surface area contributed by atoms with Crippen LogP contribution in [0.2, 0.25) is 0 Å². The Morgan fingerprint density at radius 3 is 2.39 bits per heavy atom. The van der Waals surface area contributed by atoms with Crippen molar-refractivity contribution in [1.82, 2.24) is 5.32 Å².